The lowest BCUT2D eigenvalue weighted by Crippen LogP contribution is -2.46. The molecule has 0 bridgehead atoms. The van der Waals surface area contributed by atoms with Gasteiger partial charge in [-0.3, -0.25) is 9.08 Å². The fourth-order valence-corrected chi connectivity index (χ4v) is 3.91. The highest BCUT2D eigenvalue weighted by Crippen LogP contribution is 2.32. The monoisotopic (exact) mass is 489 g/mol. The number of alkyl halides is 3. The number of rotatable bonds is 5. The van der Waals surface area contributed by atoms with Crippen LogP contribution in [0.15, 0.2) is 30.5 Å². The number of anilines is 1. The molecule has 0 saturated heterocycles. The molecule has 0 fully saturated rings. The minimum Gasteiger partial charge on any atom is -0.443 e. The lowest BCUT2D eigenvalue weighted by molar-refractivity contribution is -0.137. The number of aromatic nitrogens is 2. The van der Waals surface area contributed by atoms with Gasteiger partial charge in [0.05, 0.1) is 24.6 Å². The van der Waals surface area contributed by atoms with Gasteiger partial charge in [-0.2, -0.15) is 26.7 Å². The van der Waals surface area contributed by atoms with E-state index in [1.165, 1.54) is 17.0 Å². The molecule has 3 rings (SSSR count). The molecule has 1 amide bonds. The first-order chi connectivity index (χ1) is 15.1. The van der Waals surface area contributed by atoms with E-state index in [0.717, 1.165) is 18.4 Å². The van der Waals surface area contributed by atoms with Crippen LogP contribution in [-0.2, 0) is 38.2 Å². The smallest absolute Gasteiger partial charge is 0.416 e. The van der Waals surface area contributed by atoms with E-state index in [0.29, 0.717) is 23.5 Å². The van der Waals surface area contributed by atoms with Gasteiger partial charge in [0.25, 0.3) is 10.1 Å². The van der Waals surface area contributed by atoms with Crippen LogP contribution >= 0.6 is 0 Å². The Balaban J connectivity index is 1.89. The third-order valence-corrected chi connectivity index (χ3v) is 5.38. The summed E-state index contributed by atoms with van der Waals surface area (Å²) in [6, 6.07) is 4.79. The molecule has 1 aliphatic heterocycles. The van der Waals surface area contributed by atoms with Crippen LogP contribution in [0.3, 0.4) is 0 Å². The number of halogens is 3. The molecule has 33 heavy (non-hydrogen) atoms. The van der Waals surface area contributed by atoms with Gasteiger partial charge in [-0.25, -0.2) is 9.48 Å². The SMILES string of the molecule is CC(C)(C)OC(=O)N1CC(COS(C)(=O)=O)Cn2ncc(Cc3ccc(C(F)(F)F)cc3)c21. The second-order valence-corrected chi connectivity index (χ2v) is 10.6. The molecule has 1 unspecified atom stereocenters. The summed E-state index contributed by atoms with van der Waals surface area (Å²) in [7, 11) is -3.66. The Morgan fingerprint density at radius 2 is 1.79 bits per heavy atom. The number of carbonyl (C=O) groups excluding carboxylic acids is 1. The summed E-state index contributed by atoms with van der Waals surface area (Å²) in [5, 5.41) is 4.32. The zero-order valence-electron chi connectivity index (χ0n) is 18.7. The van der Waals surface area contributed by atoms with E-state index >= 15 is 0 Å². The fourth-order valence-electron chi connectivity index (χ4n) is 3.47. The van der Waals surface area contributed by atoms with Crippen LogP contribution in [-0.4, -0.2) is 49.3 Å². The van der Waals surface area contributed by atoms with E-state index in [9.17, 15) is 26.4 Å². The summed E-state index contributed by atoms with van der Waals surface area (Å²) in [5.41, 5.74) is -0.271. The quantitative estimate of drug-likeness (QED) is 0.593. The minimum absolute atomic E-state index is 0.133. The first kappa shape index (κ1) is 25.0. The van der Waals surface area contributed by atoms with Crippen molar-refractivity contribution in [1.82, 2.24) is 9.78 Å². The maximum absolute atomic E-state index is 13.0. The molecule has 0 saturated carbocycles. The van der Waals surface area contributed by atoms with E-state index < -0.39 is 33.6 Å². The van der Waals surface area contributed by atoms with E-state index in [2.05, 4.69) is 5.10 Å². The third-order valence-electron chi connectivity index (χ3n) is 4.82. The van der Waals surface area contributed by atoms with Crippen LogP contribution < -0.4 is 4.90 Å². The molecule has 1 atom stereocenters. The Hall–Kier alpha value is -2.60. The van der Waals surface area contributed by atoms with Crippen LogP contribution in [0.25, 0.3) is 0 Å². The van der Waals surface area contributed by atoms with Crippen molar-refractivity contribution in [3.05, 3.63) is 47.2 Å². The van der Waals surface area contributed by atoms with Gasteiger partial charge in [-0.15, -0.1) is 0 Å². The summed E-state index contributed by atoms with van der Waals surface area (Å²) < 4.78 is 73.3. The van der Waals surface area contributed by atoms with Crippen LogP contribution in [0.2, 0.25) is 0 Å². The van der Waals surface area contributed by atoms with Gasteiger partial charge in [0.1, 0.15) is 11.4 Å². The highest BCUT2D eigenvalue weighted by atomic mass is 32.2. The Morgan fingerprint density at radius 3 is 2.33 bits per heavy atom. The molecular weight excluding hydrogens is 463 g/mol. The normalized spacial score (nSPS) is 17.1. The topological polar surface area (TPSA) is 90.7 Å². The predicted molar refractivity (Wildman–Crippen MR) is 114 cm³/mol. The molecule has 0 N–H and O–H groups in total. The fraction of sp³-hybridized carbons (Fsp3) is 0.524. The van der Waals surface area contributed by atoms with Crippen LogP contribution in [0.1, 0.15) is 37.5 Å². The second-order valence-electron chi connectivity index (χ2n) is 8.99. The Labute approximate surface area is 190 Å². The maximum atomic E-state index is 13.0. The van der Waals surface area contributed by atoms with E-state index in [4.69, 9.17) is 8.92 Å². The molecule has 2 aromatic rings. The number of amides is 1. The van der Waals surface area contributed by atoms with Crippen molar-refractivity contribution in [3.63, 3.8) is 0 Å². The van der Waals surface area contributed by atoms with Crippen LogP contribution in [0.5, 0.6) is 0 Å². The molecule has 1 aliphatic rings. The lowest BCUT2D eigenvalue weighted by Gasteiger charge is -2.35. The van der Waals surface area contributed by atoms with Crippen molar-refractivity contribution in [2.75, 3.05) is 24.3 Å². The largest absolute Gasteiger partial charge is 0.443 e. The average Bonchev–Trinajstić information content (AvgIpc) is 3.06. The number of carbonyl (C=O) groups is 1. The van der Waals surface area contributed by atoms with Gasteiger partial charge in [-0.1, -0.05) is 12.1 Å². The van der Waals surface area contributed by atoms with E-state index in [1.807, 2.05) is 0 Å². The van der Waals surface area contributed by atoms with Crippen molar-refractivity contribution >= 4 is 22.0 Å². The summed E-state index contributed by atoms with van der Waals surface area (Å²) in [4.78, 5) is 14.3. The molecule has 0 radical (unpaired) electrons. The zero-order valence-corrected chi connectivity index (χ0v) is 19.5. The Morgan fingerprint density at radius 1 is 1.15 bits per heavy atom. The van der Waals surface area contributed by atoms with Crippen molar-refractivity contribution in [2.45, 2.75) is 45.5 Å². The highest BCUT2D eigenvalue weighted by molar-refractivity contribution is 7.85. The predicted octanol–water partition coefficient (Wildman–Crippen LogP) is 3.84. The van der Waals surface area contributed by atoms with Crippen molar-refractivity contribution in [1.29, 1.82) is 0 Å². The maximum Gasteiger partial charge on any atom is 0.416 e. The highest BCUT2D eigenvalue weighted by Gasteiger charge is 2.35. The molecule has 12 heteroatoms. The lowest BCUT2D eigenvalue weighted by atomic mass is 10.0. The van der Waals surface area contributed by atoms with Crippen molar-refractivity contribution < 1.29 is 35.3 Å². The Bertz CT molecular complexity index is 1110. The molecule has 2 heterocycles. The number of benzene rings is 1. The molecule has 1 aromatic carbocycles. The molecule has 0 spiro atoms. The molecule has 1 aromatic heterocycles. The van der Waals surface area contributed by atoms with Gasteiger partial charge in [0.2, 0.25) is 0 Å². The summed E-state index contributed by atoms with van der Waals surface area (Å²) in [6.07, 6.45) is -2.32. The van der Waals surface area contributed by atoms with Gasteiger partial charge in [0, 0.05) is 31.0 Å². The van der Waals surface area contributed by atoms with Crippen molar-refractivity contribution in [3.8, 4) is 0 Å². The summed E-state index contributed by atoms with van der Waals surface area (Å²) >= 11 is 0. The number of hydrogen-bond donors (Lipinski definition) is 0. The minimum atomic E-state index is -4.42. The van der Waals surface area contributed by atoms with Gasteiger partial charge in [0.15, 0.2) is 0 Å². The second kappa shape index (κ2) is 8.98. The Kier molecular flexibility index (Phi) is 6.81. The van der Waals surface area contributed by atoms with Crippen LogP contribution in [0.4, 0.5) is 23.8 Å². The van der Waals surface area contributed by atoms with Crippen LogP contribution in [0, 0.1) is 5.92 Å². The summed E-state index contributed by atoms with van der Waals surface area (Å²) in [6.45, 7) is 5.47. The number of hydrogen-bond acceptors (Lipinski definition) is 6. The first-order valence-electron chi connectivity index (χ1n) is 10.2. The third kappa shape index (κ3) is 6.70. The molecule has 0 aliphatic carbocycles. The average molecular weight is 490 g/mol. The number of fused-ring (bicyclic) bond motifs is 1. The van der Waals surface area contributed by atoms with E-state index in [1.54, 1.807) is 31.6 Å². The molecular formula is C21H26F3N3O5S. The van der Waals surface area contributed by atoms with Gasteiger partial charge < -0.3 is 4.74 Å². The van der Waals surface area contributed by atoms with Gasteiger partial charge >= 0.3 is 12.3 Å². The van der Waals surface area contributed by atoms with E-state index in [-0.39, 0.29) is 25.5 Å². The zero-order chi connectivity index (χ0) is 24.6. The van der Waals surface area contributed by atoms with Crippen molar-refractivity contribution in [2.24, 2.45) is 5.92 Å². The molecule has 8 nitrogen and oxygen atoms in total. The summed E-state index contributed by atoms with van der Waals surface area (Å²) in [5.74, 6) is 0.0957. The molecule has 182 valence electrons. The number of nitrogens with zero attached hydrogens (tertiary/aromatic N) is 3. The van der Waals surface area contributed by atoms with Gasteiger partial charge in [-0.05, 0) is 38.5 Å². The number of ether oxygens (including phenoxy) is 1. The standard InChI is InChI=1S/C21H26F3N3O5S/c1-20(2,3)32-19(28)26-11-15(13-31-33(4,29)30)12-27-18(26)16(10-25-27)9-14-5-7-17(8-6-14)21(22,23)24/h5-8,10,15H,9,11-13H2,1-4H3. The first-order valence-corrected chi connectivity index (χ1v) is 12.0.